The summed E-state index contributed by atoms with van der Waals surface area (Å²) in [5.74, 6) is 2.27. The number of hydrogen-bond acceptors (Lipinski definition) is 5. The van der Waals surface area contributed by atoms with Gasteiger partial charge in [0.2, 0.25) is 0 Å². The highest BCUT2D eigenvalue weighted by Crippen LogP contribution is 2.20. The monoisotopic (exact) mass is 269 g/mol. The van der Waals surface area contributed by atoms with Crippen LogP contribution in [-0.2, 0) is 14.3 Å². The van der Waals surface area contributed by atoms with Crippen molar-refractivity contribution in [3.8, 4) is 12.3 Å². The van der Waals surface area contributed by atoms with Gasteiger partial charge >= 0.3 is 0 Å². The Bertz CT molecular complexity index is 588. The predicted octanol–water partition coefficient (Wildman–Crippen LogP) is 1.71. The molecule has 96 valence electrons. The van der Waals surface area contributed by atoms with Gasteiger partial charge in [0.1, 0.15) is 4.90 Å². The molecule has 0 spiro atoms. The molecule has 1 rings (SSSR count). The number of nitro groups is 1. The Labute approximate surface area is 105 Å². The van der Waals surface area contributed by atoms with Crippen molar-refractivity contribution in [3.63, 3.8) is 0 Å². The Morgan fingerprint density at radius 2 is 2.22 bits per heavy atom. The Morgan fingerprint density at radius 3 is 2.78 bits per heavy atom. The van der Waals surface area contributed by atoms with Crippen LogP contribution < -0.4 is 0 Å². The van der Waals surface area contributed by atoms with Crippen LogP contribution in [0.5, 0.6) is 0 Å². The zero-order valence-electron chi connectivity index (χ0n) is 9.57. The highest BCUT2D eigenvalue weighted by molar-refractivity contribution is 7.86. The lowest BCUT2D eigenvalue weighted by atomic mass is 10.3. The van der Waals surface area contributed by atoms with Crippen LogP contribution in [0, 0.1) is 22.5 Å². The summed E-state index contributed by atoms with van der Waals surface area (Å²) in [6.07, 6.45) is 4.49. The molecule has 18 heavy (non-hydrogen) atoms. The molecule has 0 fully saturated rings. The number of nitro benzene ring substituents is 1. The van der Waals surface area contributed by atoms with Gasteiger partial charge < -0.3 is 0 Å². The standard InChI is InChI=1S/C11H11NO5S/c1-3-5-9(2)17-18(15,16)11-7-4-6-10(8-11)12(13)14/h1,4,6-9H,5H2,2H3. The van der Waals surface area contributed by atoms with Crippen LogP contribution in [-0.4, -0.2) is 19.4 Å². The zero-order valence-corrected chi connectivity index (χ0v) is 10.4. The highest BCUT2D eigenvalue weighted by atomic mass is 32.2. The van der Waals surface area contributed by atoms with Gasteiger partial charge in [-0.1, -0.05) is 6.07 Å². The molecule has 0 aliphatic rings. The van der Waals surface area contributed by atoms with E-state index in [9.17, 15) is 18.5 Å². The fraction of sp³-hybridized carbons (Fsp3) is 0.273. The first kappa shape index (κ1) is 14.2. The normalized spacial score (nSPS) is 12.7. The van der Waals surface area contributed by atoms with E-state index in [1.165, 1.54) is 25.1 Å². The zero-order chi connectivity index (χ0) is 13.8. The summed E-state index contributed by atoms with van der Waals surface area (Å²) in [6, 6.07) is 4.65. The van der Waals surface area contributed by atoms with Gasteiger partial charge in [-0.15, -0.1) is 12.3 Å². The number of non-ortho nitro benzene ring substituents is 1. The summed E-state index contributed by atoms with van der Waals surface area (Å²) in [6.45, 7) is 1.51. The van der Waals surface area contributed by atoms with Crippen LogP contribution >= 0.6 is 0 Å². The first-order chi connectivity index (χ1) is 8.36. The number of terminal acetylenes is 1. The molecule has 7 heteroatoms. The largest absolute Gasteiger partial charge is 0.297 e. The Hall–Kier alpha value is -1.91. The lowest BCUT2D eigenvalue weighted by Gasteiger charge is -2.10. The highest BCUT2D eigenvalue weighted by Gasteiger charge is 2.21. The van der Waals surface area contributed by atoms with E-state index in [0.29, 0.717) is 0 Å². The number of hydrogen-bond donors (Lipinski definition) is 0. The number of rotatable bonds is 5. The van der Waals surface area contributed by atoms with Crippen molar-refractivity contribution >= 4 is 15.8 Å². The van der Waals surface area contributed by atoms with Crippen LogP contribution in [0.1, 0.15) is 13.3 Å². The molecule has 0 saturated carbocycles. The van der Waals surface area contributed by atoms with E-state index in [2.05, 4.69) is 5.92 Å². The van der Waals surface area contributed by atoms with Gasteiger partial charge in [-0.3, -0.25) is 14.3 Å². The van der Waals surface area contributed by atoms with Gasteiger partial charge in [0.05, 0.1) is 11.0 Å². The molecule has 6 nitrogen and oxygen atoms in total. The van der Waals surface area contributed by atoms with Gasteiger partial charge in [-0.2, -0.15) is 8.42 Å². The molecular weight excluding hydrogens is 258 g/mol. The molecule has 0 aliphatic heterocycles. The van der Waals surface area contributed by atoms with Crippen molar-refractivity contribution < 1.29 is 17.5 Å². The van der Waals surface area contributed by atoms with E-state index in [4.69, 9.17) is 10.6 Å². The summed E-state index contributed by atoms with van der Waals surface area (Å²) in [5.41, 5.74) is -0.315. The second-order valence-electron chi connectivity index (χ2n) is 3.52. The fourth-order valence-corrected chi connectivity index (χ4v) is 2.35. The first-order valence-corrected chi connectivity index (χ1v) is 6.39. The summed E-state index contributed by atoms with van der Waals surface area (Å²) in [7, 11) is -4.04. The third-order valence-corrected chi connectivity index (χ3v) is 3.43. The number of benzene rings is 1. The summed E-state index contributed by atoms with van der Waals surface area (Å²) in [5, 5.41) is 10.5. The molecule has 0 radical (unpaired) electrons. The minimum absolute atomic E-state index is 0.133. The van der Waals surface area contributed by atoms with E-state index in [1.807, 2.05) is 0 Å². The third-order valence-electron chi connectivity index (χ3n) is 2.01. The van der Waals surface area contributed by atoms with E-state index >= 15 is 0 Å². The minimum Gasteiger partial charge on any atom is -0.262 e. The maximum atomic E-state index is 11.8. The van der Waals surface area contributed by atoms with Gasteiger partial charge in [0.15, 0.2) is 0 Å². The molecule has 0 amide bonds. The molecule has 0 bridgehead atoms. The molecule has 1 aromatic carbocycles. The van der Waals surface area contributed by atoms with Gasteiger partial charge in [-0.25, -0.2) is 0 Å². The second kappa shape index (κ2) is 5.62. The molecule has 1 unspecified atom stereocenters. The maximum Gasteiger partial charge on any atom is 0.297 e. The Morgan fingerprint density at radius 1 is 1.56 bits per heavy atom. The molecule has 0 N–H and O–H groups in total. The molecular formula is C11H11NO5S. The number of nitrogens with zero attached hydrogens (tertiary/aromatic N) is 1. The third kappa shape index (κ3) is 3.55. The van der Waals surface area contributed by atoms with Crippen LogP contribution in [0.25, 0.3) is 0 Å². The van der Waals surface area contributed by atoms with Crippen molar-refractivity contribution in [2.75, 3.05) is 0 Å². The van der Waals surface area contributed by atoms with Gasteiger partial charge in [-0.05, 0) is 13.0 Å². The van der Waals surface area contributed by atoms with Crippen molar-refractivity contribution in [1.82, 2.24) is 0 Å². The van der Waals surface area contributed by atoms with Gasteiger partial charge in [0, 0.05) is 18.6 Å². The molecule has 0 aliphatic carbocycles. The molecule has 0 heterocycles. The summed E-state index contributed by atoms with van der Waals surface area (Å²) in [4.78, 5) is 9.61. The van der Waals surface area contributed by atoms with Crippen molar-refractivity contribution in [3.05, 3.63) is 34.4 Å². The first-order valence-electron chi connectivity index (χ1n) is 4.98. The topological polar surface area (TPSA) is 86.5 Å². The van der Waals surface area contributed by atoms with E-state index < -0.39 is 21.1 Å². The molecule has 0 saturated heterocycles. The molecule has 1 aromatic rings. The van der Waals surface area contributed by atoms with Crippen molar-refractivity contribution in [2.45, 2.75) is 24.3 Å². The van der Waals surface area contributed by atoms with Crippen LogP contribution in [0.2, 0.25) is 0 Å². The smallest absolute Gasteiger partial charge is 0.262 e. The minimum atomic E-state index is -4.04. The average Bonchev–Trinajstić information content (AvgIpc) is 2.28. The van der Waals surface area contributed by atoms with Crippen molar-refractivity contribution in [2.24, 2.45) is 0 Å². The SMILES string of the molecule is C#CCC(C)OS(=O)(=O)c1cccc([N+](=O)[O-])c1. The fourth-order valence-electron chi connectivity index (χ4n) is 1.22. The van der Waals surface area contributed by atoms with Crippen LogP contribution in [0.4, 0.5) is 5.69 Å². The van der Waals surface area contributed by atoms with E-state index in [-0.39, 0.29) is 17.0 Å². The second-order valence-corrected chi connectivity index (χ2v) is 5.10. The summed E-state index contributed by atoms with van der Waals surface area (Å²) >= 11 is 0. The molecule has 1 atom stereocenters. The Balaban J connectivity index is 3.02. The molecule has 0 aromatic heterocycles. The lowest BCUT2D eigenvalue weighted by molar-refractivity contribution is -0.385. The lowest BCUT2D eigenvalue weighted by Crippen LogP contribution is -2.15. The van der Waals surface area contributed by atoms with E-state index in [0.717, 1.165) is 6.07 Å². The van der Waals surface area contributed by atoms with Crippen molar-refractivity contribution in [1.29, 1.82) is 0 Å². The van der Waals surface area contributed by atoms with Crippen LogP contribution in [0.3, 0.4) is 0 Å². The quantitative estimate of drug-likeness (QED) is 0.351. The summed E-state index contributed by atoms with van der Waals surface area (Å²) < 4.78 is 28.4. The maximum absolute atomic E-state index is 11.8. The predicted molar refractivity (Wildman–Crippen MR) is 64.3 cm³/mol. The van der Waals surface area contributed by atoms with Crippen LogP contribution in [0.15, 0.2) is 29.2 Å². The Kier molecular flexibility index (Phi) is 4.42. The average molecular weight is 269 g/mol. The van der Waals surface area contributed by atoms with E-state index in [1.54, 1.807) is 0 Å². The van der Waals surface area contributed by atoms with Gasteiger partial charge in [0.25, 0.3) is 15.8 Å².